The third-order valence-electron chi connectivity index (χ3n) is 2.39. The van der Waals surface area contributed by atoms with Gasteiger partial charge in [0, 0.05) is 12.2 Å². The molecule has 0 saturated carbocycles. The van der Waals surface area contributed by atoms with Crippen LogP contribution in [0.3, 0.4) is 0 Å². The molecule has 96 valence electrons. The van der Waals surface area contributed by atoms with Gasteiger partial charge in [0.2, 0.25) is 5.91 Å². The molecule has 6 heteroatoms. The molecule has 1 atom stereocenters. The fourth-order valence-electron chi connectivity index (χ4n) is 1.49. The molecule has 1 aromatic carbocycles. The van der Waals surface area contributed by atoms with Crippen LogP contribution in [0.25, 0.3) is 10.2 Å². The molecule has 0 spiro atoms. The Bertz CT molecular complexity index is 567. The number of hydrogen-bond acceptors (Lipinski definition) is 5. The Morgan fingerprint density at radius 2 is 2.39 bits per heavy atom. The number of anilines is 1. The molecule has 1 aromatic heterocycles. The SMILES string of the molecule is CCNC(=O)C(C)Sc1nc2ccc(N)cc2s1. The van der Waals surface area contributed by atoms with Gasteiger partial charge in [-0.1, -0.05) is 11.8 Å². The zero-order valence-electron chi connectivity index (χ0n) is 10.3. The van der Waals surface area contributed by atoms with Gasteiger partial charge in [0.25, 0.3) is 0 Å². The number of amides is 1. The van der Waals surface area contributed by atoms with E-state index in [1.807, 2.05) is 32.0 Å². The van der Waals surface area contributed by atoms with Crippen LogP contribution in [0.4, 0.5) is 5.69 Å². The van der Waals surface area contributed by atoms with Gasteiger partial charge in [-0.2, -0.15) is 0 Å². The fourth-order valence-corrected chi connectivity index (χ4v) is 3.78. The minimum Gasteiger partial charge on any atom is -0.399 e. The molecule has 0 fully saturated rings. The number of hydrogen-bond donors (Lipinski definition) is 2. The molecular formula is C12H15N3OS2. The van der Waals surface area contributed by atoms with Crippen molar-refractivity contribution in [3.63, 3.8) is 0 Å². The normalized spacial score (nSPS) is 12.6. The number of nitrogens with zero attached hydrogens (tertiary/aromatic N) is 1. The van der Waals surface area contributed by atoms with E-state index < -0.39 is 0 Å². The number of thioether (sulfide) groups is 1. The van der Waals surface area contributed by atoms with Crippen LogP contribution in [-0.4, -0.2) is 22.7 Å². The van der Waals surface area contributed by atoms with Crippen molar-refractivity contribution in [3.05, 3.63) is 18.2 Å². The number of rotatable bonds is 4. The van der Waals surface area contributed by atoms with E-state index in [9.17, 15) is 4.79 Å². The highest BCUT2D eigenvalue weighted by atomic mass is 32.2. The summed E-state index contributed by atoms with van der Waals surface area (Å²) in [6.07, 6.45) is 0. The number of thiazole rings is 1. The topological polar surface area (TPSA) is 68.0 Å². The Balaban J connectivity index is 2.14. The van der Waals surface area contributed by atoms with Crippen molar-refractivity contribution in [2.45, 2.75) is 23.4 Å². The minimum absolute atomic E-state index is 0.0428. The van der Waals surface area contributed by atoms with Crippen LogP contribution in [0.5, 0.6) is 0 Å². The molecule has 0 aliphatic carbocycles. The van der Waals surface area contributed by atoms with Crippen LogP contribution in [-0.2, 0) is 4.79 Å². The number of benzene rings is 1. The van der Waals surface area contributed by atoms with Crippen LogP contribution in [0.2, 0.25) is 0 Å². The molecule has 18 heavy (non-hydrogen) atoms. The van der Waals surface area contributed by atoms with E-state index in [0.717, 1.165) is 20.2 Å². The summed E-state index contributed by atoms with van der Waals surface area (Å²) in [6.45, 7) is 4.45. The van der Waals surface area contributed by atoms with E-state index >= 15 is 0 Å². The lowest BCUT2D eigenvalue weighted by Crippen LogP contribution is -2.30. The van der Waals surface area contributed by atoms with E-state index in [1.54, 1.807) is 11.3 Å². The third-order valence-corrected chi connectivity index (χ3v) is 4.60. The monoisotopic (exact) mass is 281 g/mol. The summed E-state index contributed by atoms with van der Waals surface area (Å²) in [6, 6.07) is 5.65. The highest BCUT2D eigenvalue weighted by Gasteiger charge is 2.15. The summed E-state index contributed by atoms with van der Waals surface area (Å²) in [4.78, 5) is 16.1. The average Bonchev–Trinajstić information content (AvgIpc) is 2.70. The van der Waals surface area contributed by atoms with Crippen molar-refractivity contribution < 1.29 is 4.79 Å². The van der Waals surface area contributed by atoms with Gasteiger partial charge in [0.15, 0.2) is 4.34 Å². The van der Waals surface area contributed by atoms with Crippen LogP contribution in [0, 0.1) is 0 Å². The Morgan fingerprint density at radius 1 is 1.61 bits per heavy atom. The number of nitrogen functional groups attached to an aromatic ring is 1. The highest BCUT2D eigenvalue weighted by molar-refractivity contribution is 8.02. The van der Waals surface area contributed by atoms with Crippen molar-refractivity contribution in [2.24, 2.45) is 0 Å². The molecule has 0 radical (unpaired) electrons. The van der Waals surface area contributed by atoms with Gasteiger partial charge < -0.3 is 11.1 Å². The molecule has 2 rings (SSSR count). The first-order valence-electron chi connectivity index (χ1n) is 5.70. The van der Waals surface area contributed by atoms with Crippen LogP contribution < -0.4 is 11.1 Å². The van der Waals surface area contributed by atoms with Gasteiger partial charge in [-0.25, -0.2) is 4.98 Å². The zero-order chi connectivity index (χ0) is 13.1. The highest BCUT2D eigenvalue weighted by Crippen LogP contribution is 2.32. The first-order valence-corrected chi connectivity index (χ1v) is 7.40. The Labute approximate surface area is 114 Å². The Hall–Kier alpha value is -1.27. The number of aromatic nitrogens is 1. The molecule has 1 amide bonds. The lowest BCUT2D eigenvalue weighted by atomic mass is 10.3. The van der Waals surface area contributed by atoms with Crippen molar-refractivity contribution in [1.29, 1.82) is 0 Å². The van der Waals surface area contributed by atoms with Crippen LogP contribution in [0.1, 0.15) is 13.8 Å². The summed E-state index contributed by atoms with van der Waals surface area (Å²) in [7, 11) is 0. The van der Waals surface area contributed by atoms with Gasteiger partial charge in [0.05, 0.1) is 15.5 Å². The quantitative estimate of drug-likeness (QED) is 0.667. The van der Waals surface area contributed by atoms with Crippen molar-refractivity contribution in [3.8, 4) is 0 Å². The molecular weight excluding hydrogens is 266 g/mol. The molecule has 1 heterocycles. The standard InChI is InChI=1S/C12H15N3OS2/c1-3-14-11(16)7(2)17-12-15-9-5-4-8(13)6-10(9)18-12/h4-7H,3,13H2,1-2H3,(H,14,16). The molecule has 4 nitrogen and oxygen atoms in total. The van der Waals surface area contributed by atoms with E-state index in [2.05, 4.69) is 10.3 Å². The van der Waals surface area contributed by atoms with Crippen molar-refractivity contribution in [2.75, 3.05) is 12.3 Å². The second kappa shape index (κ2) is 5.58. The number of fused-ring (bicyclic) bond motifs is 1. The third kappa shape index (κ3) is 2.94. The lowest BCUT2D eigenvalue weighted by Gasteiger charge is -2.07. The molecule has 3 N–H and O–H groups in total. The van der Waals surface area contributed by atoms with E-state index in [-0.39, 0.29) is 11.2 Å². The smallest absolute Gasteiger partial charge is 0.233 e. The van der Waals surface area contributed by atoms with Gasteiger partial charge in [0.1, 0.15) is 0 Å². The van der Waals surface area contributed by atoms with Crippen LogP contribution in [0.15, 0.2) is 22.5 Å². The predicted molar refractivity (Wildman–Crippen MR) is 78.0 cm³/mol. The number of nitrogens with one attached hydrogen (secondary N) is 1. The lowest BCUT2D eigenvalue weighted by molar-refractivity contribution is -0.120. The molecule has 0 bridgehead atoms. The maximum absolute atomic E-state index is 11.6. The largest absolute Gasteiger partial charge is 0.399 e. The molecule has 1 unspecified atom stereocenters. The maximum atomic E-state index is 11.6. The van der Waals surface area contributed by atoms with Gasteiger partial charge in [-0.15, -0.1) is 11.3 Å². The summed E-state index contributed by atoms with van der Waals surface area (Å²) < 4.78 is 1.95. The molecule has 0 saturated heterocycles. The number of carbonyl (C=O) groups excluding carboxylic acids is 1. The van der Waals surface area contributed by atoms with Crippen molar-refractivity contribution >= 4 is 44.9 Å². The molecule has 2 aromatic rings. The van der Waals surface area contributed by atoms with Gasteiger partial charge >= 0.3 is 0 Å². The summed E-state index contributed by atoms with van der Waals surface area (Å²) in [5.41, 5.74) is 7.40. The summed E-state index contributed by atoms with van der Waals surface area (Å²) in [5, 5.41) is 2.67. The second-order valence-electron chi connectivity index (χ2n) is 3.86. The summed E-state index contributed by atoms with van der Waals surface area (Å²) >= 11 is 3.04. The predicted octanol–water partition coefficient (Wildman–Crippen LogP) is 2.50. The van der Waals surface area contributed by atoms with E-state index in [4.69, 9.17) is 5.73 Å². The van der Waals surface area contributed by atoms with E-state index in [1.165, 1.54) is 11.8 Å². The van der Waals surface area contributed by atoms with Gasteiger partial charge in [-0.3, -0.25) is 4.79 Å². The first kappa shape index (κ1) is 13.2. The van der Waals surface area contributed by atoms with Crippen LogP contribution >= 0.6 is 23.1 Å². The molecule has 0 aliphatic heterocycles. The first-order chi connectivity index (χ1) is 8.60. The molecule has 0 aliphatic rings. The van der Waals surface area contributed by atoms with E-state index in [0.29, 0.717) is 6.54 Å². The second-order valence-corrected chi connectivity index (χ2v) is 6.48. The Morgan fingerprint density at radius 3 is 3.11 bits per heavy atom. The number of carbonyl (C=O) groups is 1. The number of nitrogens with two attached hydrogens (primary N) is 1. The zero-order valence-corrected chi connectivity index (χ0v) is 11.9. The van der Waals surface area contributed by atoms with Crippen molar-refractivity contribution in [1.82, 2.24) is 10.3 Å². The minimum atomic E-state index is -0.136. The maximum Gasteiger partial charge on any atom is 0.233 e. The Kier molecular flexibility index (Phi) is 4.08. The fraction of sp³-hybridized carbons (Fsp3) is 0.333. The summed E-state index contributed by atoms with van der Waals surface area (Å²) in [5.74, 6) is 0.0428. The van der Waals surface area contributed by atoms with Gasteiger partial charge in [-0.05, 0) is 32.0 Å². The average molecular weight is 281 g/mol.